The number of nitrogens with zero attached hydrogens (tertiary/aromatic N) is 3. The van der Waals surface area contributed by atoms with Crippen LogP contribution >= 0.6 is 0 Å². The van der Waals surface area contributed by atoms with E-state index in [4.69, 9.17) is 10.3 Å². The molecular weight excluding hydrogens is 264 g/mol. The van der Waals surface area contributed by atoms with E-state index in [1.807, 2.05) is 0 Å². The Morgan fingerprint density at radius 2 is 1.86 bits per heavy atom. The Morgan fingerprint density at radius 3 is 2.48 bits per heavy atom. The average molecular weight is 286 g/mol. The number of hydrogen-bond donors (Lipinski definition) is 1. The summed E-state index contributed by atoms with van der Waals surface area (Å²) in [4.78, 5) is 4.92. The van der Waals surface area contributed by atoms with E-state index >= 15 is 0 Å². The first-order valence-electron chi connectivity index (χ1n) is 7.43. The van der Waals surface area contributed by atoms with Crippen LogP contribution in [-0.4, -0.2) is 54.7 Å². The Bertz CT molecular complexity index is 570. The smallest absolute Gasteiger partial charge is 0.222 e. The zero-order chi connectivity index (χ0) is 14.7. The maximum Gasteiger partial charge on any atom is 0.222 e. The lowest BCUT2D eigenvalue weighted by atomic mass is 10.1. The third-order valence-corrected chi connectivity index (χ3v) is 4.09. The van der Waals surface area contributed by atoms with Gasteiger partial charge < -0.3 is 20.1 Å². The molecule has 0 saturated carbocycles. The molecule has 2 N–H and O–H groups in total. The van der Waals surface area contributed by atoms with Crippen LogP contribution in [0.15, 0.2) is 34.9 Å². The first-order chi connectivity index (χ1) is 10.2. The van der Waals surface area contributed by atoms with Crippen molar-refractivity contribution < 1.29 is 4.52 Å². The lowest BCUT2D eigenvalue weighted by Crippen LogP contribution is -2.45. The van der Waals surface area contributed by atoms with Crippen LogP contribution in [0.4, 0.5) is 5.88 Å². The molecule has 1 aliphatic heterocycles. The van der Waals surface area contributed by atoms with Crippen molar-refractivity contribution in [1.29, 1.82) is 0 Å². The molecule has 0 bridgehead atoms. The third kappa shape index (κ3) is 3.62. The fraction of sp³-hybridized carbons (Fsp3) is 0.438. The standard InChI is InChI=1S/C16H22N4O/c1-19-8-10-20(11-9-19)7-6-13-2-4-14(5-3-13)15-12-16(17)21-18-15/h2-5,12H,6-11,17H2,1H3. The van der Waals surface area contributed by atoms with Crippen LogP contribution < -0.4 is 5.73 Å². The van der Waals surface area contributed by atoms with Gasteiger partial charge in [-0.1, -0.05) is 29.4 Å². The van der Waals surface area contributed by atoms with Crippen molar-refractivity contribution in [3.63, 3.8) is 0 Å². The van der Waals surface area contributed by atoms with Crippen molar-refractivity contribution in [3.05, 3.63) is 35.9 Å². The van der Waals surface area contributed by atoms with Crippen LogP contribution in [-0.2, 0) is 6.42 Å². The van der Waals surface area contributed by atoms with Crippen molar-refractivity contribution >= 4 is 5.88 Å². The highest BCUT2D eigenvalue weighted by atomic mass is 16.5. The van der Waals surface area contributed by atoms with Crippen LogP contribution in [0.5, 0.6) is 0 Å². The van der Waals surface area contributed by atoms with Gasteiger partial charge in [0.15, 0.2) is 0 Å². The molecule has 112 valence electrons. The fourth-order valence-electron chi connectivity index (χ4n) is 2.63. The van der Waals surface area contributed by atoms with Gasteiger partial charge in [0.25, 0.3) is 0 Å². The van der Waals surface area contributed by atoms with Crippen LogP contribution in [0.2, 0.25) is 0 Å². The summed E-state index contributed by atoms with van der Waals surface area (Å²) in [5, 5.41) is 3.93. The summed E-state index contributed by atoms with van der Waals surface area (Å²) in [6.07, 6.45) is 1.09. The van der Waals surface area contributed by atoms with Crippen molar-refractivity contribution in [1.82, 2.24) is 15.0 Å². The minimum atomic E-state index is 0.351. The first-order valence-corrected chi connectivity index (χ1v) is 7.43. The summed E-state index contributed by atoms with van der Waals surface area (Å²) in [5.74, 6) is 0.351. The second-order valence-electron chi connectivity index (χ2n) is 5.71. The summed E-state index contributed by atoms with van der Waals surface area (Å²) in [6, 6.07) is 10.2. The van der Waals surface area contributed by atoms with Crippen LogP contribution in [0.3, 0.4) is 0 Å². The van der Waals surface area contributed by atoms with E-state index < -0.39 is 0 Å². The molecule has 1 fully saturated rings. The number of likely N-dealkylation sites (N-methyl/N-ethyl adjacent to an activating group) is 1. The Balaban J connectivity index is 1.55. The fourth-order valence-corrected chi connectivity index (χ4v) is 2.63. The van der Waals surface area contributed by atoms with Crippen LogP contribution in [0, 0.1) is 0 Å². The molecule has 0 atom stereocenters. The van der Waals surface area contributed by atoms with Gasteiger partial charge >= 0.3 is 0 Å². The number of rotatable bonds is 4. The van der Waals surface area contributed by atoms with E-state index in [1.165, 1.54) is 31.7 Å². The number of benzene rings is 1. The summed E-state index contributed by atoms with van der Waals surface area (Å²) in [5.41, 5.74) is 8.73. The van der Waals surface area contributed by atoms with Gasteiger partial charge in [0.05, 0.1) is 0 Å². The number of aromatic nitrogens is 1. The van der Waals surface area contributed by atoms with E-state index in [0.717, 1.165) is 24.2 Å². The molecule has 1 aliphatic rings. The quantitative estimate of drug-likeness (QED) is 0.927. The second-order valence-corrected chi connectivity index (χ2v) is 5.71. The Morgan fingerprint density at radius 1 is 1.14 bits per heavy atom. The highest BCUT2D eigenvalue weighted by molar-refractivity contribution is 5.61. The normalized spacial score (nSPS) is 17.2. The zero-order valence-corrected chi connectivity index (χ0v) is 12.5. The second kappa shape index (κ2) is 6.28. The number of piperazine rings is 1. The molecule has 2 aromatic rings. The molecule has 2 heterocycles. The summed E-state index contributed by atoms with van der Waals surface area (Å²) >= 11 is 0. The minimum Gasteiger partial charge on any atom is -0.368 e. The predicted molar refractivity (Wildman–Crippen MR) is 84.0 cm³/mol. The molecule has 0 unspecified atom stereocenters. The number of hydrogen-bond acceptors (Lipinski definition) is 5. The van der Waals surface area contributed by atoms with E-state index in [1.54, 1.807) is 6.07 Å². The average Bonchev–Trinajstić information content (AvgIpc) is 2.94. The molecule has 1 aromatic heterocycles. The SMILES string of the molecule is CN1CCN(CCc2ccc(-c3cc(N)on3)cc2)CC1. The lowest BCUT2D eigenvalue weighted by Gasteiger charge is -2.32. The summed E-state index contributed by atoms with van der Waals surface area (Å²) < 4.78 is 4.90. The van der Waals surface area contributed by atoms with Crippen molar-refractivity contribution in [2.45, 2.75) is 6.42 Å². The monoisotopic (exact) mass is 286 g/mol. The molecule has 1 saturated heterocycles. The molecule has 0 radical (unpaired) electrons. The molecule has 5 nitrogen and oxygen atoms in total. The predicted octanol–water partition coefficient (Wildman–Crippen LogP) is 1.71. The molecule has 0 aliphatic carbocycles. The van der Waals surface area contributed by atoms with Gasteiger partial charge in [-0.2, -0.15) is 0 Å². The molecule has 5 heteroatoms. The molecule has 3 rings (SSSR count). The van der Waals surface area contributed by atoms with Crippen LogP contribution in [0.1, 0.15) is 5.56 Å². The van der Waals surface area contributed by atoms with Crippen LogP contribution in [0.25, 0.3) is 11.3 Å². The lowest BCUT2D eigenvalue weighted by molar-refractivity contribution is 0.155. The van der Waals surface area contributed by atoms with Crippen molar-refractivity contribution in [3.8, 4) is 11.3 Å². The van der Waals surface area contributed by atoms with Gasteiger partial charge in [-0.15, -0.1) is 0 Å². The van der Waals surface area contributed by atoms with E-state index in [0.29, 0.717) is 5.88 Å². The zero-order valence-electron chi connectivity index (χ0n) is 12.5. The third-order valence-electron chi connectivity index (χ3n) is 4.09. The number of nitrogens with two attached hydrogens (primary N) is 1. The Labute approximate surface area is 125 Å². The highest BCUT2D eigenvalue weighted by Gasteiger charge is 2.13. The first kappa shape index (κ1) is 14.1. The maximum absolute atomic E-state index is 5.55. The highest BCUT2D eigenvalue weighted by Crippen LogP contribution is 2.20. The largest absolute Gasteiger partial charge is 0.368 e. The molecule has 1 aromatic carbocycles. The van der Waals surface area contributed by atoms with Gasteiger partial charge in [-0.3, -0.25) is 0 Å². The van der Waals surface area contributed by atoms with Gasteiger partial charge in [0.2, 0.25) is 5.88 Å². The molecule has 0 spiro atoms. The summed E-state index contributed by atoms with van der Waals surface area (Å²) in [6.45, 7) is 5.82. The van der Waals surface area contributed by atoms with Crippen molar-refractivity contribution in [2.75, 3.05) is 45.5 Å². The molecule has 0 amide bonds. The van der Waals surface area contributed by atoms with E-state index in [9.17, 15) is 0 Å². The Kier molecular flexibility index (Phi) is 4.22. The molecule has 21 heavy (non-hydrogen) atoms. The molecular formula is C16H22N4O. The van der Waals surface area contributed by atoms with Gasteiger partial charge in [-0.05, 0) is 19.0 Å². The van der Waals surface area contributed by atoms with Gasteiger partial charge in [0.1, 0.15) is 5.69 Å². The van der Waals surface area contributed by atoms with Gasteiger partial charge in [-0.25, -0.2) is 0 Å². The number of nitrogen functional groups attached to an aromatic ring is 1. The minimum absolute atomic E-state index is 0.351. The van der Waals surface area contributed by atoms with Crippen molar-refractivity contribution in [2.24, 2.45) is 0 Å². The number of anilines is 1. The van der Waals surface area contributed by atoms with E-state index in [-0.39, 0.29) is 0 Å². The van der Waals surface area contributed by atoms with Gasteiger partial charge in [0, 0.05) is 44.4 Å². The topological polar surface area (TPSA) is 58.5 Å². The summed E-state index contributed by atoms with van der Waals surface area (Å²) in [7, 11) is 2.19. The maximum atomic E-state index is 5.55. The van der Waals surface area contributed by atoms with E-state index in [2.05, 4.69) is 46.3 Å². The Hall–Kier alpha value is -1.85.